The van der Waals surface area contributed by atoms with E-state index < -0.39 is 4.92 Å². The second kappa shape index (κ2) is 4.92. The molecule has 0 saturated heterocycles. The Morgan fingerprint density at radius 1 is 1.50 bits per heavy atom. The zero-order valence-corrected chi connectivity index (χ0v) is 10.1. The third kappa shape index (κ3) is 2.21. The second-order valence-corrected chi connectivity index (χ2v) is 4.38. The van der Waals surface area contributed by atoms with Crippen molar-refractivity contribution in [1.82, 2.24) is 5.16 Å². The topological polar surface area (TPSA) is 86.2 Å². The summed E-state index contributed by atoms with van der Waals surface area (Å²) in [4.78, 5) is 21.7. The lowest BCUT2D eigenvalue weighted by atomic mass is 10.2. The van der Waals surface area contributed by atoms with Gasteiger partial charge in [-0.15, -0.1) is 11.3 Å². The Labute approximate surface area is 106 Å². The second-order valence-electron chi connectivity index (χ2n) is 3.43. The molecule has 7 heteroatoms. The van der Waals surface area contributed by atoms with E-state index in [4.69, 9.17) is 4.52 Å². The molecule has 0 aromatic carbocycles. The van der Waals surface area contributed by atoms with Crippen LogP contribution in [0.4, 0.5) is 5.69 Å². The Morgan fingerprint density at radius 2 is 2.28 bits per heavy atom. The highest BCUT2D eigenvalue weighted by molar-refractivity contribution is 7.11. The number of hydrogen-bond acceptors (Lipinski definition) is 6. The highest BCUT2D eigenvalue weighted by Crippen LogP contribution is 2.25. The molecule has 0 aliphatic rings. The molecular weight excluding hydrogens is 256 g/mol. The van der Waals surface area contributed by atoms with E-state index >= 15 is 0 Å². The van der Waals surface area contributed by atoms with Crippen LogP contribution in [0.25, 0.3) is 12.2 Å². The highest BCUT2D eigenvalue weighted by atomic mass is 32.1. The number of rotatable bonds is 4. The summed E-state index contributed by atoms with van der Waals surface area (Å²) in [5, 5.41) is 16.1. The number of nitrogens with zero attached hydrogens (tertiary/aromatic N) is 2. The molecule has 0 aliphatic heterocycles. The van der Waals surface area contributed by atoms with Crippen molar-refractivity contribution < 1.29 is 14.2 Å². The average molecular weight is 264 g/mol. The smallest absolute Gasteiger partial charge is 0.338 e. The standard InChI is InChI=1S/C11H8N2O4S/c1-7-11(13(15)16)9(17-12-7)2-3-10-8(6-14)4-5-18-10/h2-6H,1H3/b3-2+. The van der Waals surface area contributed by atoms with Crippen molar-refractivity contribution in [2.75, 3.05) is 0 Å². The van der Waals surface area contributed by atoms with Gasteiger partial charge in [0.05, 0.1) is 4.92 Å². The van der Waals surface area contributed by atoms with E-state index in [0.29, 0.717) is 10.4 Å². The maximum Gasteiger partial charge on any atom is 0.338 e. The minimum atomic E-state index is -0.541. The van der Waals surface area contributed by atoms with Crippen LogP contribution in [0.2, 0.25) is 0 Å². The van der Waals surface area contributed by atoms with Gasteiger partial charge < -0.3 is 4.52 Å². The molecule has 0 atom stereocenters. The summed E-state index contributed by atoms with van der Waals surface area (Å²) in [6.07, 6.45) is 3.77. The van der Waals surface area contributed by atoms with Crippen LogP contribution in [0.15, 0.2) is 16.0 Å². The predicted molar refractivity (Wildman–Crippen MR) is 66.5 cm³/mol. The third-order valence-corrected chi connectivity index (χ3v) is 3.18. The highest BCUT2D eigenvalue weighted by Gasteiger charge is 2.21. The van der Waals surface area contributed by atoms with Gasteiger partial charge in [0.1, 0.15) is 0 Å². The first-order valence-electron chi connectivity index (χ1n) is 4.95. The molecule has 2 heterocycles. The van der Waals surface area contributed by atoms with Crippen molar-refractivity contribution in [3.05, 3.63) is 43.5 Å². The maximum absolute atomic E-state index is 10.8. The van der Waals surface area contributed by atoms with Crippen molar-refractivity contribution >= 4 is 35.5 Å². The number of hydrogen-bond donors (Lipinski definition) is 0. The normalized spacial score (nSPS) is 10.9. The van der Waals surface area contributed by atoms with Gasteiger partial charge in [-0.2, -0.15) is 0 Å². The number of carbonyl (C=O) groups is 1. The van der Waals surface area contributed by atoms with Gasteiger partial charge in [0.25, 0.3) is 0 Å². The summed E-state index contributed by atoms with van der Waals surface area (Å²) in [7, 11) is 0. The lowest BCUT2D eigenvalue weighted by Gasteiger charge is -1.89. The Kier molecular flexibility index (Phi) is 3.33. The Bertz CT molecular complexity index is 627. The van der Waals surface area contributed by atoms with Crippen molar-refractivity contribution in [2.45, 2.75) is 6.92 Å². The first-order chi connectivity index (χ1) is 8.63. The molecule has 0 spiro atoms. The van der Waals surface area contributed by atoms with Gasteiger partial charge in [-0.05, 0) is 30.5 Å². The van der Waals surface area contributed by atoms with Crippen LogP contribution in [0, 0.1) is 17.0 Å². The van der Waals surface area contributed by atoms with Gasteiger partial charge in [0.2, 0.25) is 5.76 Å². The van der Waals surface area contributed by atoms with Crippen LogP contribution in [-0.2, 0) is 0 Å². The van der Waals surface area contributed by atoms with Gasteiger partial charge in [0.15, 0.2) is 12.0 Å². The molecular formula is C11H8N2O4S. The van der Waals surface area contributed by atoms with Crippen LogP contribution in [0.3, 0.4) is 0 Å². The van der Waals surface area contributed by atoms with E-state index in [1.807, 2.05) is 0 Å². The fraction of sp³-hybridized carbons (Fsp3) is 0.0909. The monoisotopic (exact) mass is 264 g/mol. The van der Waals surface area contributed by atoms with Crippen LogP contribution < -0.4 is 0 Å². The molecule has 2 rings (SSSR count). The lowest BCUT2D eigenvalue weighted by Crippen LogP contribution is -1.90. The summed E-state index contributed by atoms with van der Waals surface area (Å²) in [6, 6.07) is 1.68. The van der Waals surface area contributed by atoms with Crippen LogP contribution >= 0.6 is 11.3 Å². The summed E-state index contributed by atoms with van der Waals surface area (Å²) in [5.74, 6) is 0.0720. The van der Waals surface area contributed by atoms with Crippen molar-refractivity contribution in [3.8, 4) is 0 Å². The van der Waals surface area contributed by atoms with Gasteiger partial charge >= 0.3 is 5.69 Å². The summed E-state index contributed by atoms with van der Waals surface area (Å²) >= 11 is 1.36. The lowest BCUT2D eigenvalue weighted by molar-refractivity contribution is -0.386. The van der Waals surface area contributed by atoms with Crippen LogP contribution in [0.1, 0.15) is 26.7 Å². The van der Waals surface area contributed by atoms with Crippen molar-refractivity contribution in [3.63, 3.8) is 0 Å². The number of carbonyl (C=O) groups excluding carboxylic acids is 1. The van der Waals surface area contributed by atoms with E-state index in [9.17, 15) is 14.9 Å². The molecule has 2 aromatic heterocycles. The SMILES string of the molecule is Cc1noc(/C=C/c2sccc2C=O)c1[N+](=O)[O-]. The Morgan fingerprint density at radius 3 is 2.94 bits per heavy atom. The first-order valence-corrected chi connectivity index (χ1v) is 5.83. The molecule has 0 unspecified atom stereocenters. The zero-order chi connectivity index (χ0) is 13.1. The van der Waals surface area contributed by atoms with Crippen LogP contribution in [-0.4, -0.2) is 16.4 Å². The number of aryl methyl sites for hydroxylation is 1. The Hall–Kier alpha value is -2.28. The molecule has 0 saturated carbocycles. The average Bonchev–Trinajstić information content (AvgIpc) is 2.92. The summed E-state index contributed by atoms with van der Waals surface area (Å²) in [5.41, 5.74) is 0.604. The van der Waals surface area contributed by atoms with Gasteiger partial charge in [0, 0.05) is 10.4 Å². The van der Waals surface area contributed by atoms with Gasteiger partial charge in [-0.3, -0.25) is 14.9 Å². The quantitative estimate of drug-likeness (QED) is 0.481. The molecule has 0 radical (unpaired) electrons. The number of nitro groups is 1. The van der Waals surface area contributed by atoms with E-state index in [1.165, 1.54) is 24.3 Å². The predicted octanol–water partition coefficient (Wildman–Crippen LogP) is 2.94. The van der Waals surface area contributed by atoms with E-state index in [-0.39, 0.29) is 17.1 Å². The molecule has 92 valence electrons. The minimum absolute atomic E-state index is 0.0720. The summed E-state index contributed by atoms with van der Waals surface area (Å²) < 4.78 is 4.87. The Balaban J connectivity index is 2.35. The number of aromatic nitrogens is 1. The first kappa shape index (κ1) is 12.2. The fourth-order valence-electron chi connectivity index (χ4n) is 1.43. The zero-order valence-electron chi connectivity index (χ0n) is 9.32. The van der Waals surface area contributed by atoms with Crippen molar-refractivity contribution in [2.24, 2.45) is 0 Å². The van der Waals surface area contributed by atoms with Gasteiger partial charge in [-0.1, -0.05) is 5.16 Å². The molecule has 2 aromatic rings. The van der Waals surface area contributed by atoms with Crippen LogP contribution in [0.5, 0.6) is 0 Å². The molecule has 0 bridgehead atoms. The fourth-order valence-corrected chi connectivity index (χ4v) is 2.19. The number of thiophene rings is 1. The minimum Gasteiger partial charge on any atom is -0.349 e. The van der Waals surface area contributed by atoms with E-state index in [1.54, 1.807) is 17.5 Å². The van der Waals surface area contributed by atoms with Gasteiger partial charge in [-0.25, -0.2) is 0 Å². The molecule has 0 aliphatic carbocycles. The molecule has 0 fully saturated rings. The third-order valence-electron chi connectivity index (χ3n) is 2.28. The maximum atomic E-state index is 10.8. The summed E-state index contributed by atoms with van der Waals surface area (Å²) in [6.45, 7) is 1.50. The molecule has 6 nitrogen and oxygen atoms in total. The largest absolute Gasteiger partial charge is 0.349 e. The van der Waals surface area contributed by atoms with Crippen molar-refractivity contribution in [1.29, 1.82) is 0 Å². The molecule has 0 amide bonds. The molecule has 0 N–H and O–H groups in total. The molecule has 18 heavy (non-hydrogen) atoms. The van der Waals surface area contributed by atoms with E-state index in [2.05, 4.69) is 5.16 Å². The number of aldehydes is 1. The van der Waals surface area contributed by atoms with E-state index in [0.717, 1.165) is 6.29 Å².